The molecule has 2 heterocycles. The molecular weight excluding hydrogens is 642 g/mol. The topological polar surface area (TPSA) is 173 Å². The van der Waals surface area contributed by atoms with E-state index in [9.17, 15) is 14.7 Å². The lowest BCUT2D eigenvalue weighted by molar-refractivity contribution is -0.150. The maximum absolute atomic E-state index is 15.8. The van der Waals surface area contributed by atoms with Gasteiger partial charge in [0.15, 0.2) is 17.3 Å². The summed E-state index contributed by atoms with van der Waals surface area (Å²) in [6.07, 6.45) is 2.75. The number of pyridine rings is 1. The lowest BCUT2D eigenvalue weighted by Gasteiger charge is -2.38. The van der Waals surface area contributed by atoms with Crippen molar-refractivity contribution >= 4 is 29.7 Å². The van der Waals surface area contributed by atoms with Gasteiger partial charge in [-0.2, -0.15) is 4.39 Å². The third-order valence-corrected chi connectivity index (χ3v) is 8.69. The predicted molar refractivity (Wildman–Crippen MR) is 175 cm³/mol. The summed E-state index contributed by atoms with van der Waals surface area (Å²) in [5, 5.41) is 17.9. The van der Waals surface area contributed by atoms with Crippen molar-refractivity contribution in [1.29, 1.82) is 5.41 Å². The van der Waals surface area contributed by atoms with E-state index >= 15 is 8.78 Å². The molecule has 0 bridgehead atoms. The van der Waals surface area contributed by atoms with Crippen LogP contribution in [-0.4, -0.2) is 78.4 Å². The van der Waals surface area contributed by atoms with Gasteiger partial charge in [0.05, 0.1) is 25.3 Å². The number of hydrogen-bond acceptors (Lipinski definition) is 12. The maximum Gasteiger partial charge on any atom is 0.331 e. The number of carbonyl (C=O) groups excluding carboxylic acids is 2. The summed E-state index contributed by atoms with van der Waals surface area (Å²) in [6, 6.07) is 8.67. The number of aromatic nitrogens is 1. The Morgan fingerprint density at radius 2 is 1.88 bits per heavy atom. The Balaban J connectivity index is 1.52. The SMILES string of the molecule is CCOC(=O)C1CCC(C(=O)OCC)(N(C)c2ccc(Oc3c(F)cnc(Oc4cc(C(=N)N)ccc4O)c3F)c(C3N=CCN3C)c2)C1. The van der Waals surface area contributed by atoms with Crippen LogP contribution in [0.3, 0.4) is 0 Å². The molecule has 3 unspecified atom stereocenters. The first-order valence-corrected chi connectivity index (χ1v) is 15.7. The fourth-order valence-electron chi connectivity index (χ4n) is 6.05. The highest BCUT2D eigenvalue weighted by molar-refractivity contribution is 5.95. The second-order valence-electron chi connectivity index (χ2n) is 11.7. The predicted octanol–water partition coefficient (Wildman–Crippen LogP) is 5.05. The van der Waals surface area contributed by atoms with Crippen LogP contribution in [0.5, 0.6) is 28.9 Å². The number of ether oxygens (including phenoxy) is 4. The highest BCUT2D eigenvalue weighted by Gasteiger charge is 2.52. The van der Waals surface area contributed by atoms with Crippen molar-refractivity contribution in [2.75, 3.05) is 38.8 Å². The molecule has 2 aromatic carbocycles. The molecule has 1 aliphatic carbocycles. The van der Waals surface area contributed by atoms with Crippen molar-refractivity contribution in [3.63, 3.8) is 0 Å². The molecule has 1 saturated carbocycles. The minimum atomic E-state index is -1.29. The number of phenolic OH excluding ortho intramolecular Hbond substituents is 1. The summed E-state index contributed by atoms with van der Waals surface area (Å²) in [4.78, 5) is 38.1. The molecule has 13 nitrogen and oxygen atoms in total. The molecule has 49 heavy (non-hydrogen) atoms. The van der Waals surface area contributed by atoms with E-state index in [0.717, 1.165) is 0 Å². The fourth-order valence-corrected chi connectivity index (χ4v) is 6.05. The Hall–Kier alpha value is -5.31. The van der Waals surface area contributed by atoms with E-state index in [1.807, 2.05) is 11.9 Å². The van der Waals surface area contributed by atoms with Gasteiger partial charge in [-0.05, 0) is 76.6 Å². The van der Waals surface area contributed by atoms with Crippen molar-refractivity contribution in [2.45, 2.75) is 44.8 Å². The summed E-state index contributed by atoms with van der Waals surface area (Å²) in [5.41, 5.74) is 5.52. The van der Waals surface area contributed by atoms with Crippen LogP contribution in [0, 0.1) is 23.0 Å². The minimum Gasteiger partial charge on any atom is -0.504 e. The largest absolute Gasteiger partial charge is 0.504 e. The van der Waals surface area contributed by atoms with Gasteiger partial charge >= 0.3 is 11.9 Å². The lowest BCUT2D eigenvalue weighted by atomic mass is 9.92. The van der Waals surface area contributed by atoms with Gasteiger partial charge in [0, 0.05) is 36.6 Å². The molecule has 1 fully saturated rings. The first-order chi connectivity index (χ1) is 23.4. The van der Waals surface area contributed by atoms with Gasteiger partial charge in [-0.3, -0.25) is 20.1 Å². The molecule has 3 aromatic rings. The molecule has 15 heteroatoms. The number of benzene rings is 2. The molecule has 2 aliphatic rings. The number of halogens is 2. The summed E-state index contributed by atoms with van der Waals surface area (Å²) < 4.78 is 53.1. The molecular formula is C34H38F2N6O7. The third kappa shape index (κ3) is 6.97. The van der Waals surface area contributed by atoms with Crippen LogP contribution < -0.4 is 20.1 Å². The normalized spacial score (nSPS) is 20.2. The standard InChI is InChI=1S/C34H38F2N6O7/c1-5-46-32(44)20-11-12-34(17-20,33(45)47-6-2)42(4)21-8-10-25(22(16-21)30-39-13-14-41(30)3)48-28-23(35)18-40-31(27(28)36)49-26-15-19(29(37)38)7-9-24(26)43/h7-10,13,15-16,18,20,30,43H,5-6,11-12,14,17H2,1-4H3,(H3,37,38). The summed E-state index contributed by atoms with van der Waals surface area (Å²) in [5.74, 6) is -6.20. The summed E-state index contributed by atoms with van der Waals surface area (Å²) >= 11 is 0. The number of anilines is 1. The number of aromatic hydroxyl groups is 1. The molecule has 5 rings (SSSR count). The van der Waals surface area contributed by atoms with Crippen molar-refractivity contribution in [1.82, 2.24) is 9.88 Å². The minimum absolute atomic E-state index is 0.0606. The van der Waals surface area contributed by atoms with Crippen molar-refractivity contribution in [3.05, 3.63) is 65.4 Å². The van der Waals surface area contributed by atoms with Crippen LogP contribution in [-0.2, 0) is 19.1 Å². The van der Waals surface area contributed by atoms with E-state index < -0.39 is 52.6 Å². The number of rotatable bonds is 12. The molecule has 260 valence electrons. The van der Waals surface area contributed by atoms with Crippen LogP contribution in [0.2, 0.25) is 0 Å². The zero-order valence-electron chi connectivity index (χ0n) is 27.5. The highest BCUT2D eigenvalue weighted by Crippen LogP contribution is 2.45. The quantitative estimate of drug-likeness (QED) is 0.133. The van der Waals surface area contributed by atoms with Gasteiger partial charge in [-0.15, -0.1) is 0 Å². The zero-order valence-corrected chi connectivity index (χ0v) is 27.5. The Kier molecular flexibility index (Phi) is 10.3. The van der Waals surface area contributed by atoms with Gasteiger partial charge in [0.1, 0.15) is 23.3 Å². The Labute approximate surface area is 281 Å². The van der Waals surface area contributed by atoms with Gasteiger partial charge < -0.3 is 34.7 Å². The number of nitrogen functional groups attached to an aromatic ring is 1. The Bertz CT molecular complexity index is 1790. The molecule has 1 aliphatic heterocycles. The van der Waals surface area contributed by atoms with E-state index in [1.165, 1.54) is 24.3 Å². The molecule has 4 N–H and O–H groups in total. The van der Waals surface area contributed by atoms with Gasteiger partial charge in [0.2, 0.25) is 11.6 Å². The number of amidine groups is 1. The molecule has 0 spiro atoms. The lowest BCUT2D eigenvalue weighted by Crippen LogP contribution is -2.52. The zero-order chi connectivity index (χ0) is 35.5. The van der Waals surface area contributed by atoms with Crippen molar-refractivity contribution in [3.8, 4) is 28.9 Å². The van der Waals surface area contributed by atoms with E-state index in [2.05, 4.69) is 9.98 Å². The van der Waals surface area contributed by atoms with Crippen LogP contribution in [0.1, 0.15) is 50.4 Å². The number of likely N-dealkylation sites (N-methyl/N-ethyl adjacent to an activating group) is 1. The smallest absolute Gasteiger partial charge is 0.331 e. The average molecular weight is 681 g/mol. The molecule has 1 aromatic heterocycles. The average Bonchev–Trinajstić information content (AvgIpc) is 3.73. The highest BCUT2D eigenvalue weighted by atomic mass is 19.1. The molecule has 0 radical (unpaired) electrons. The first kappa shape index (κ1) is 35.0. The summed E-state index contributed by atoms with van der Waals surface area (Å²) in [6.45, 7) is 4.30. The van der Waals surface area contributed by atoms with E-state index in [0.29, 0.717) is 36.8 Å². The van der Waals surface area contributed by atoms with Gasteiger partial charge in [-0.25, -0.2) is 14.2 Å². The van der Waals surface area contributed by atoms with Gasteiger partial charge in [-0.1, -0.05) is 0 Å². The number of hydrogen-bond donors (Lipinski definition) is 3. The van der Waals surface area contributed by atoms with Crippen LogP contribution in [0.15, 0.2) is 47.6 Å². The second kappa shape index (κ2) is 14.4. The van der Waals surface area contributed by atoms with Crippen LogP contribution in [0.25, 0.3) is 0 Å². The van der Waals surface area contributed by atoms with Crippen molar-refractivity contribution in [2.24, 2.45) is 16.6 Å². The number of nitrogens with zero attached hydrogens (tertiary/aromatic N) is 4. The molecule has 0 saturated heterocycles. The van der Waals surface area contributed by atoms with Gasteiger partial charge in [0.25, 0.3) is 5.88 Å². The number of nitrogens with two attached hydrogens (primary N) is 1. The number of esters is 2. The number of phenols is 1. The number of nitrogens with one attached hydrogen (secondary N) is 1. The fraction of sp³-hybridized carbons (Fsp3) is 0.382. The van der Waals surface area contributed by atoms with Crippen molar-refractivity contribution < 1.29 is 42.4 Å². The monoisotopic (exact) mass is 680 g/mol. The molecule has 3 atom stereocenters. The van der Waals surface area contributed by atoms with E-state index in [4.69, 9.17) is 30.1 Å². The van der Waals surface area contributed by atoms with E-state index in [1.54, 1.807) is 44.1 Å². The third-order valence-electron chi connectivity index (χ3n) is 8.69. The molecule has 0 amide bonds. The Morgan fingerprint density at radius 1 is 1.12 bits per heavy atom. The van der Waals surface area contributed by atoms with E-state index in [-0.39, 0.29) is 48.5 Å². The van der Waals surface area contributed by atoms with Crippen LogP contribution in [0.4, 0.5) is 14.5 Å². The first-order valence-electron chi connectivity index (χ1n) is 15.7. The maximum atomic E-state index is 15.8. The van der Waals surface area contributed by atoms with Crippen LogP contribution >= 0.6 is 0 Å². The second-order valence-corrected chi connectivity index (χ2v) is 11.7. The number of carbonyl (C=O) groups is 2. The number of aliphatic imine (C=N–C) groups is 1. The summed E-state index contributed by atoms with van der Waals surface area (Å²) in [7, 11) is 3.55. The Morgan fingerprint density at radius 3 is 2.55 bits per heavy atom.